The highest BCUT2D eigenvalue weighted by molar-refractivity contribution is 7.98. The van der Waals surface area contributed by atoms with Crippen LogP contribution in [-0.4, -0.2) is 33.4 Å². The van der Waals surface area contributed by atoms with E-state index in [1.807, 2.05) is 22.9 Å². The van der Waals surface area contributed by atoms with Crippen molar-refractivity contribution in [3.8, 4) is 11.5 Å². The molecule has 0 radical (unpaired) electrons. The van der Waals surface area contributed by atoms with Crippen LogP contribution in [0, 0.1) is 0 Å². The van der Waals surface area contributed by atoms with Crippen LogP contribution in [0.15, 0.2) is 23.1 Å². The highest BCUT2D eigenvalue weighted by Gasteiger charge is 2.12. The van der Waals surface area contributed by atoms with Gasteiger partial charge in [0.25, 0.3) is 0 Å². The Morgan fingerprint density at radius 2 is 2.10 bits per heavy atom. The number of hydrogen-bond donors (Lipinski definition) is 0. The van der Waals surface area contributed by atoms with Crippen LogP contribution in [0.4, 0.5) is 0 Å². The van der Waals surface area contributed by atoms with E-state index in [0.29, 0.717) is 13.2 Å². The maximum Gasteiger partial charge on any atom is 0.162 e. The Kier molecular flexibility index (Phi) is 4.59. The van der Waals surface area contributed by atoms with E-state index in [4.69, 9.17) is 9.47 Å². The molecule has 0 aliphatic carbocycles. The van der Waals surface area contributed by atoms with Crippen LogP contribution in [0.5, 0.6) is 11.5 Å². The molecule has 0 fully saturated rings. The van der Waals surface area contributed by atoms with Gasteiger partial charge in [-0.1, -0.05) is 6.92 Å². The lowest BCUT2D eigenvalue weighted by Gasteiger charge is -2.09. The molecular formula is C14H18N4O2S. The molecule has 6 nitrogen and oxygen atoms in total. The van der Waals surface area contributed by atoms with Crippen LogP contribution in [0.1, 0.15) is 25.6 Å². The van der Waals surface area contributed by atoms with Crippen molar-refractivity contribution in [1.82, 2.24) is 20.2 Å². The lowest BCUT2D eigenvalue weighted by Crippen LogP contribution is -2.04. The number of benzene rings is 1. The number of fused-ring (bicyclic) bond motifs is 1. The first-order valence-corrected chi connectivity index (χ1v) is 8.13. The first kappa shape index (κ1) is 14.2. The summed E-state index contributed by atoms with van der Waals surface area (Å²) in [6.07, 6.45) is 1.94. The monoisotopic (exact) mass is 306 g/mol. The molecule has 0 bridgehead atoms. The van der Waals surface area contributed by atoms with E-state index in [9.17, 15) is 0 Å². The van der Waals surface area contributed by atoms with Gasteiger partial charge in [-0.2, -0.15) is 0 Å². The molecule has 0 N–H and O–H groups in total. The Labute approximate surface area is 127 Å². The summed E-state index contributed by atoms with van der Waals surface area (Å²) in [5.41, 5.74) is 0. The van der Waals surface area contributed by atoms with Crippen LogP contribution in [0.2, 0.25) is 0 Å². The molecule has 21 heavy (non-hydrogen) atoms. The van der Waals surface area contributed by atoms with Gasteiger partial charge < -0.3 is 9.47 Å². The SMILES string of the molecule is CCCn1nnnc1CSc1ccc2c(c1)OCCCO2. The Balaban J connectivity index is 1.67. The minimum absolute atomic E-state index is 0.704. The molecule has 3 rings (SSSR count). The van der Waals surface area contributed by atoms with Crippen molar-refractivity contribution >= 4 is 11.8 Å². The molecule has 0 unspecified atom stereocenters. The van der Waals surface area contributed by atoms with Gasteiger partial charge in [-0.15, -0.1) is 16.9 Å². The number of rotatable bonds is 5. The highest BCUT2D eigenvalue weighted by Crippen LogP contribution is 2.34. The molecule has 1 aromatic heterocycles. The number of ether oxygens (including phenoxy) is 2. The predicted octanol–water partition coefficient (Wildman–Crippen LogP) is 2.54. The standard InChI is InChI=1S/C14H18N4O2S/c1-2-6-18-14(15-16-17-18)10-21-11-4-5-12-13(9-11)20-8-3-7-19-12/h4-5,9H,2-3,6-8,10H2,1H3. The number of aryl methyl sites for hydroxylation is 1. The zero-order chi connectivity index (χ0) is 14.5. The lowest BCUT2D eigenvalue weighted by atomic mass is 10.3. The summed E-state index contributed by atoms with van der Waals surface area (Å²) in [7, 11) is 0. The summed E-state index contributed by atoms with van der Waals surface area (Å²) in [5, 5.41) is 11.8. The van der Waals surface area contributed by atoms with Crippen molar-refractivity contribution in [1.29, 1.82) is 0 Å². The third-order valence-corrected chi connectivity index (χ3v) is 4.12. The molecule has 0 atom stereocenters. The number of hydrogen-bond acceptors (Lipinski definition) is 6. The van der Waals surface area contributed by atoms with Crippen molar-refractivity contribution in [3.05, 3.63) is 24.0 Å². The zero-order valence-electron chi connectivity index (χ0n) is 12.0. The van der Waals surface area contributed by atoms with Crippen LogP contribution >= 0.6 is 11.8 Å². The lowest BCUT2D eigenvalue weighted by molar-refractivity contribution is 0.297. The molecule has 0 spiro atoms. The molecular weight excluding hydrogens is 288 g/mol. The second-order valence-electron chi connectivity index (χ2n) is 4.77. The maximum atomic E-state index is 5.70. The number of aromatic nitrogens is 4. The molecule has 2 heterocycles. The van der Waals surface area contributed by atoms with Gasteiger partial charge >= 0.3 is 0 Å². The Hall–Kier alpha value is -1.76. The summed E-state index contributed by atoms with van der Waals surface area (Å²) in [6, 6.07) is 6.05. The minimum atomic E-state index is 0.704. The molecule has 7 heteroatoms. The van der Waals surface area contributed by atoms with Gasteiger partial charge in [0.1, 0.15) is 0 Å². The smallest absolute Gasteiger partial charge is 0.162 e. The first-order valence-electron chi connectivity index (χ1n) is 7.14. The first-order chi connectivity index (χ1) is 10.4. The second kappa shape index (κ2) is 6.80. The zero-order valence-corrected chi connectivity index (χ0v) is 12.8. The summed E-state index contributed by atoms with van der Waals surface area (Å²) in [5.74, 6) is 3.29. The highest BCUT2D eigenvalue weighted by atomic mass is 32.2. The largest absolute Gasteiger partial charge is 0.490 e. The second-order valence-corrected chi connectivity index (χ2v) is 5.81. The third kappa shape index (κ3) is 3.47. The Morgan fingerprint density at radius 3 is 2.95 bits per heavy atom. The summed E-state index contributed by atoms with van der Waals surface area (Å²) >= 11 is 1.70. The topological polar surface area (TPSA) is 62.1 Å². The Morgan fingerprint density at radius 1 is 1.24 bits per heavy atom. The number of thioether (sulfide) groups is 1. The molecule has 0 saturated heterocycles. The van der Waals surface area contributed by atoms with E-state index in [1.165, 1.54) is 0 Å². The average molecular weight is 306 g/mol. The summed E-state index contributed by atoms with van der Waals surface area (Å²) < 4.78 is 13.2. The van der Waals surface area contributed by atoms with Gasteiger partial charge in [0, 0.05) is 17.9 Å². The summed E-state index contributed by atoms with van der Waals surface area (Å²) in [4.78, 5) is 1.13. The van der Waals surface area contributed by atoms with E-state index in [-0.39, 0.29) is 0 Å². The predicted molar refractivity (Wildman–Crippen MR) is 79.7 cm³/mol. The Bertz CT molecular complexity index is 602. The van der Waals surface area contributed by atoms with E-state index in [0.717, 1.165) is 47.4 Å². The van der Waals surface area contributed by atoms with Crippen molar-refractivity contribution in [2.45, 2.75) is 37.0 Å². The molecule has 0 saturated carbocycles. The van der Waals surface area contributed by atoms with Crippen molar-refractivity contribution in [3.63, 3.8) is 0 Å². The number of nitrogens with zero attached hydrogens (tertiary/aromatic N) is 4. The van der Waals surface area contributed by atoms with E-state index in [1.54, 1.807) is 11.8 Å². The fraction of sp³-hybridized carbons (Fsp3) is 0.500. The third-order valence-electron chi connectivity index (χ3n) is 3.13. The van der Waals surface area contributed by atoms with E-state index < -0.39 is 0 Å². The van der Waals surface area contributed by atoms with Gasteiger partial charge in [0.15, 0.2) is 17.3 Å². The van der Waals surface area contributed by atoms with Crippen LogP contribution in [0.25, 0.3) is 0 Å². The molecule has 1 aliphatic heterocycles. The van der Waals surface area contributed by atoms with Gasteiger partial charge in [-0.3, -0.25) is 0 Å². The average Bonchev–Trinajstić information content (AvgIpc) is 2.81. The quantitative estimate of drug-likeness (QED) is 0.791. The van der Waals surface area contributed by atoms with Crippen molar-refractivity contribution < 1.29 is 9.47 Å². The van der Waals surface area contributed by atoms with Crippen molar-refractivity contribution in [2.24, 2.45) is 0 Å². The van der Waals surface area contributed by atoms with Gasteiger partial charge in [0.2, 0.25) is 0 Å². The maximum absolute atomic E-state index is 5.70. The fourth-order valence-electron chi connectivity index (χ4n) is 2.09. The number of tetrazole rings is 1. The van der Waals surface area contributed by atoms with Crippen LogP contribution in [0.3, 0.4) is 0 Å². The molecule has 112 valence electrons. The van der Waals surface area contributed by atoms with Gasteiger partial charge in [0.05, 0.1) is 19.0 Å². The molecule has 2 aromatic rings. The van der Waals surface area contributed by atoms with Crippen molar-refractivity contribution in [2.75, 3.05) is 13.2 Å². The summed E-state index contributed by atoms with van der Waals surface area (Å²) in [6.45, 7) is 4.38. The molecule has 0 amide bonds. The normalized spacial score (nSPS) is 14.0. The minimum Gasteiger partial charge on any atom is -0.490 e. The fourth-order valence-corrected chi connectivity index (χ4v) is 2.95. The van der Waals surface area contributed by atoms with E-state index in [2.05, 4.69) is 22.4 Å². The molecule has 1 aromatic carbocycles. The van der Waals surface area contributed by atoms with Crippen LogP contribution in [-0.2, 0) is 12.3 Å². The van der Waals surface area contributed by atoms with Gasteiger partial charge in [-0.25, -0.2) is 4.68 Å². The molecule has 1 aliphatic rings. The van der Waals surface area contributed by atoms with Gasteiger partial charge in [-0.05, 0) is 35.0 Å². The van der Waals surface area contributed by atoms with Crippen LogP contribution < -0.4 is 9.47 Å². The van der Waals surface area contributed by atoms with E-state index >= 15 is 0 Å².